The number of ether oxygens (including phenoxy) is 2. The smallest absolute Gasteiger partial charge is 0.161 e. The molecule has 0 amide bonds. The predicted octanol–water partition coefficient (Wildman–Crippen LogP) is 3.17. The Bertz CT molecular complexity index is 898. The van der Waals surface area contributed by atoms with Gasteiger partial charge in [0.1, 0.15) is 0 Å². The zero-order valence-electron chi connectivity index (χ0n) is 15.0. The number of nitrogens with one attached hydrogen (secondary N) is 1. The lowest BCUT2D eigenvalue weighted by atomic mass is 9.94. The molecule has 0 spiro atoms. The van der Waals surface area contributed by atoms with Crippen LogP contribution < -0.4 is 14.8 Å². The molecule has 0 fully saturated rings. The van der Waals surface area contributed by atoms with E-state index in [0.717, 1.165) is 24.5 Å². The molecular weight excluding hydrogens is 312 g/mol. The van der Waals surface area contributed by atoms with Gasteiger partial charge in [-0.15, -0.1) is 0 Å². The van der Waals surface area contributed by atoms with Crippen LogP contribution in [0.2, 0.25) is 0 Å². The van der Waals surface area contributed by atoms with Crippen molar-refractivity contribution in [1.82, 2.24) is 4.98 Å². The first-order valence-corrected chi connectivity index (χ1v) is 8.94. The van der Waals surface area contributed by atoms with Crippen LogP contribution in [0.3, 0.4) is 0 Å². The molecule has 3 N–H and O–H groups in total. The lowest BCUT2D eigenvalue weighted by Gasteiger charge is -2.22. The van der Waals surface area contributed by atoms with E-state index in [1.54, 1.807) is 7.11 Å². The standard InChI is InChI=1S/C21H24N2O2/c1-13(2)25-18-9-8-14(12-19(18)24-3)20-21-16(10-11-22-20)15-6-4-5-7-17(15)23-21/h4-9,12-13,20,22-23H,10-11H2,1-3H3/p+1/t20-/m1/s1. The van der Waals surface area contributed by atoms with Gasteiger partial charge in [0.25, 0.3) is 0 Å². The van der Waals surface area contributed by atoms with Gasteiger partial charge in [-0.1, -0.05) is 18.2 Å². The molecule has 25 heavy (non-hydrogen) atoms. The number of aromatic amines is 1. The molecular formula is C21H25N2O2+. The zero-order valence-corrected chi connectivity index (χ0v) is 15.0. The minimum absolute atomic E-state index is 0.126. The van der Waals surface area contributed by atoms with Crippen LogP contribution in [0.1, 0.15) is 36.7 Å². The van der Waals surface area contributed by atoms with Crippen molar-refractivity contribution in [2.45, 2.75) is 32.4 Å². The van der Waals surface area contributed by atoms with E-state index in [-0.39, 0.29) is 12.1 Å². The van der Waals surface area contributed by atoms with Crippen LogP contribution in [0.15, 0.2) is 42.5 Å². The molecule has 0 unspecified atom stereocenters. The Hall–Kier alpha value is -2.46. The van der Waals surface area contributed by atoms with Crippen LogP contribution >= 0.6 is 0 Å². The highest BCUT2D eigenvalue weighted by Crippen LogP contribution is 2.35. The molecule has 4 rings (SSSR count). The van der Waals surface area contributed by atoms with Gasteiger partial charge in [0.15, 0.2) is 17.5 Å². The summed E-state index contributed by atoms with van der Waals surface area (Å²) in [5, 5.41) is 3.75. The van der Waals surface area contributed by atoms with Crippen molar-refractivity contribution < 1.29 is 14.8 Å². The normalized spacial score (nSPS) is 16.9. The maximum absolute atomic E-state index is 5.85. The Morgan fingerprint density at radius 2 is 1.96 bits per heavy atom. The number of hydrogen-bond donors (Lipinski definition) is 2. The van der Waals surface area contributed by atoms with Crippen LogP contribution in [0.5, 0.6) is 11.5 Å². The van der Waals surface area contributed by atoms with Crippen LogP contribution in [-0.4, -0.2) is 24.7 Å². The molecule has 3 aromatic rings. The summed E-state index contributed by atoms with van der Waals surface area (Å²) < 4.78 is 11.4. The van der Waals surface area contributed by atoms with Crippen LogP contribution in [0.25, 0.3) is 10.9 Å². The van der Waals surface area contributed by atoms with Gasteiger partial charge in [-0.05, 0) is 43.7 Å². The van der Waals surface area contributed by atoms with Gasteiger partial charge in [-0.2, -0.15) is 0 Å². The molecule has 2 heterocycles. The van der Waals surface area contributed by atoms with E-state index in [1.807, 2.05) is 19.9 Å². The highest BCUT2D eigenvalue weighted by Gasteiger charge is 2.29. The Balaban J connectivity index is 1.76. The van der Waals surface area contributed by atoms with E-state index in [1.165, 1.54) is 27.7 Å². The van der Waals surface area contributed by atoms with Gasteiger partial charge in [0.2, 0.25) is 0 Å². The number of rotatable bonds is 4. The second-order valence-corrected chi connectivity index (χ2v) is 6.89. The summed E-state index contributed by atoms with van der Waals surface area (Å²) in [5.41, 5.74) is 5.22. The van der Waals surface area contributed by atoms with Gasteiger partial charge < -0.3 is 19.8 Å². The minimum atomic E-state index is 0.126. The van der Waals surface area contributed by atoms with E-state index < -0.39 is 0 Å². The number of para-hydroxylation sites is 1. The molecule has 0 radical (unpaired) electrons. The molecule has 1 aromatic heterocycles. The predicted molar refractivity (Wildman–Crippen MR) is 99.4 cm³/mol. The third-order valence-corrected chi connectivity index (χ3v) is 4.86. The maximum Gasteiger partial charge on any atom is 0.161 e. The van der Waals surface area contributed by atoms with Gasteiger partial charge in [-0.25, -0.2) is 0 Å². The van der Waals surface area contributed by atoms with Crippen molar-refractivity contribution >= 4 is 10.9 Å². The van der Waals surface area contributed by atoms with E-state index in [2.05, 4.69) is 46.7 Å². The van der Waals surface area contributed by atoms with Crippen molar-refractivity contribution in [3.05, 3.63) is 59.3 Å². The minimum Gasteiger partial charge on any atom is -0.493 e. The lowest BCUT2D eigenvalue weighted by molar-refractivity contribution is -0.690. The SMILES string of the molecule is COc1cc([C@H]2[NH2+]CCc3c2[nH]c2ccccc32)ccc1OC(C)C. The Labute approximate surface area is 148 Å². The number of hydrogen-bond acceptors (Lipinski definition) is 2. The fourth-order valence-corrected chi connectivity index (χ4v) is 3.80. The first-order valence-electron chi connectivity index (χ1n) is 8.94. The summed E-state index contributed by atoms with van der Waals surface area (Å²) in [5.74, 6) is 1.59. The second kappa shape index (κ2) is 6.45. The van der Waals surface area contributed by atoms with Crippen LogP contribution in [0.4, 0.5) is 0 Å². The molecule has 4 nitrogen and oxygen atoms in total. The first kappa shape index (κ1) is 16.0. The number of nitrogens with two attached hydrogens (primary N) is 1. The summed E-state index contributed by atoms with van der Waals surface area (Å²) in [6.07, 6.45) is 1.22. The third kappa shape index (κ3) is 2.87. The topological polar surface area (TPSA) is 50.9 Å². The Morgan fingerprint density at radius 3 is 2.76 bits per heavy atom. The van der Waals surface area contributed by atoms with Gasteiger partial charge in [0, 0.05) is 22.9 Å². The fraction of sp³-hybridized carbons (Fsp3) is 0.333. The van der Waals surface area contributed by atoms with Gasteiger partial charge in [-0.3, -0.25) is 0 Å². The van der Waals surface area contributed by atoms with Crippen molar-refractivity contribution in [2.24, 2.45) is 0 Å². The summed E-state index contributed by atoms with van der Waals surface area (Å²) in [7, 11) is 1.70. The highest BCUT2D eigenvalue weighted by molar-refractivity contribution is 5.85. The average molecular weight is 337 g/mol. The van der Waals surface area contributed by atoms with Gasteiger partial charge in [0.05, 0.1) is 25.5 Å². The monoisotopic (exact) mass is 337 g/mol. The molecule has 0 aliphatic carbocycles. The largest absolute Gasteiger partial charge is 0.493 e. The zero-order chi connectivity index (χ0) is 17.4. The van der Waals surface area contributed by atoms with Crippen molar-refractivity contribution in [1.29, 1.82) is 0 Å². The lowest BCUT2D eigenvalue weighted by Crippen LogP contribution is -2.87. The average Bonchev–Trinajstić information content (AvgIpc) is 3.00. The van der Waals surface area contributed by atoms with Crippen molar-refractivity contribution in [3.8, 4) is 11.5 Å². The summed E-state index contributed by atoms with van der Waals surface area (Å²) >= 11 is 0. The number of fused-ring (bicyclic) bond motifs is 3. The molecule has 0 saturated heterocycles. The Kier molecular flexibility index (Phi) is 4.14. The van der Waals surface area contributed by atoms with E-state index in [4.69, 9.17) is 9.47 Å². The van der Waals surface area contributed by atoms with Crippen molar-refractivity contribution in [3.63, 3.8) is 0 Å². The maximum atomic E-state index is 5.85. The number of benzene rings is 2. The van der Waals surface area contributed by atoms with Gasteiger partial charge >= 0.3 is 0 Å². The number of methoxy groups -OCH3 is 1. The molecule has 2 aromatic carbocycles. The van der Waals surface area contributed by atoms with E-state index in [9.17, 15) is 0 Å². The fourth-order valence-electron chi connectivity index (χ4n) is 3.80. The molecule has 0 saturated carbocycles. The first-order chi connectivity index (χ1) is 12.2. The third-order valence-electron chi connectivity index (χ3n) is 4.86. The summed E-state index contributed by atoms with van der Waals surface area (Å²) in [6.45, 7) is 5.14. The molecule has 130 valence electrons. The highest BCUT2D eigenvalue weighted by atomic mass is 16.5. The number of quaternary nitrogens is 1. The summed E-state index contributed by atoms with van der Waals surface area (Å²) in [6, 6.07) is 15.1. The van der Waals surface area contributed by atoms with Crippen molar-refractivity contribution in [2.75, 3.05) is 13.7 Å². The van der Waals surface area contributed by atoms with E-state index >= 15 is 0 Å². The molecule has 1 aliphatic rings. The van der Waals surface area contributed by atoms with Crippen LogP contribution in [0, 0.1) is 0 Å². The number of aromatic nitrogens is 1. The molecule has 0 bridgehead atoms. The van der Waals surface area contributed by atoms with E-state index in [0.29, 0.717) is 0 Å². The summed E-state index contributed by atoms with van der Waals surface area (Å²) in [4.78, 5) is 3.65. The Morgan fingerprint density at radius 1 is 1.12 bits per heavy atom. The number of H-pyrrole nitrogens is 1. The quantitative estimate of drug-likeness (QED) is 0.768. The molecule has 1 aliphatic heterocycles. The second-order valence-electron chi connectivity index (χ2n) is 6.89. The molecule has 4 heteroatoms. The molecule has 1 atom stereocenters. The van der Waals surface area contributed by atoms with Crippen LogP contribution in [-0.2, 0) is 6.42 Å².